The number of rotatable bonds is 7. The second-order valence-corrected chi connectivity index (χ2v) is 4.88. The Bertz CT molecular complexity index is 457. The number of nitrogens with one attached hydrogen (secondary N) is 1. The van der Waals surface area contributed by atoms with Gasteiger partial charge in [-0.15, -0.1) is 0 Å². The summed E-state index contributed by atoms with van der Waals surface area (Å²) < 4.78 is 0. The Morgan fingerprint density at radius 2 is 1.90 bits per heavy atom. The zero-order valence-corrected chi connectivity index (χ0v) is 12.2. The summed E-state index contributed by atoms with van der Waals surface area (Å²) >= 11 is 0. The number of carboxylic acid groups (broad SMARTS) is 1. The summed E-state index contributed by atoms with van der Waals surface area (Å²) in [7, 11) is 1.88. The third kappa shape index (κ3) is 4.66. The summed E-state index contributed by atoms with van der Waals surface area (Å²) in [5, 5.41) is 11.7. The van der Waals surface area contributed by atoms with Gasteiger partial charge in [0.15, 0.2) is 0 Å². The van der Waals surface area contributed by atoms with E-state index in [1.807, 2.05) is 25.8 Å². The van der Waals surface area contributed by atoms with Crippen molar-refractivity contribution in [1.82, 2.24) is 10.2 Å². The van der Waals surface area contributed by atoms with Crippen molar-refractivity contribution in [2.24, 2.45) is 0 Å². The first-order valence-electron chi connectivity index (χ1n) is 6.76. The van der Waals surface area contributed by atoms with Crippen LogP contribution >= 0.6 is 0 Å². The minimum absolute atomic E-state index is 0.0107. The lowest BCUT2D eigenvalue weighted by molar-refractivity contribution is -0.125. The maximum Gasteiger partial charge on any atom is 0.335 e. The third-order valence-corrected chi connectivity index (χ3v) is 3.22. The number of amides is 1. The van der Waals surface area contributed by atoms with Crippen LogP contribution in [0.3, 0.4) is 0 Å². The van der Waals surface area contributed by atoms with E-state index in [9.17, 15) is 9.59 Å². The van der Waals surface area contributed by atoms with E-state index >= 15 is 0 Å². The summed E-state index contributed by atoms with van der Waals surface area (Å²) in [6, 6.07) is 6.48. The zero-order chi connectivity index (χ0) is 15.1. The first-order chi connectivity index (χ1) is 9.45. The maximum atomic E-state index is 11.8. The van der Waals surface area contributed by atoms with E-state index in [0.29, 0.717) is 13.1 Å². The fourth-order valence-electron chi connectivity index (χ4n) is 1.77. The number of carbonyl (C=O) groups is 2. The lowest BCUT2D eigenvalue weighted by atomic mass is 10.1. The normalized spacial score (nSPS) is 12.2. The van der Waals surface area contributed by atoms with Crippen LogP contribution in [0, 0.1) is 0 Å². The molecule has 1 aromatic carbocycles. The minimum Gasteiger partial charge on any atom is -0.478 e. The van der Waals surface area contributed by atoms with Crippen molar-refractivity contribution in [2.75, 3.05) is 13.6 Å². The molecule has 110 valence electrons. The molecule has 5 heteroatoms. The van der Waals surface area contributed by atoms with Crippen LogP contribution in [-0.2, 0) is 11.3 Å². The van der Waals surface area contributed by atoms with Crippen molar-refractivity contribution in [3.63, 3.8) is 0 Å². The van der Waals surface area contributed by atoms with Gasteiger partial charge in [-0.2, -0.15) is 0 Å². The highest BCUT2D eigenvalue weighted by Gasteiger charge is 2.17. The Hall–Kier alpha value is -1.88. The van der Waals surface area contributed by atoms with Crippen LogP contribution in [-0.4, -0.2) is 41.5 Å². The number of carboxylic acids is 1. The number of likely N-dealkylation sites (N-methyl/N-ethyl adjacent to an activating group) is 1. The highest BCUT2D eigenvalue weighted by Crippen LogP contribution is 2.09. The van der Waals surface area contributed by atoms with Crippen LogP contribution in [0.15, 0.2) is 24.3 Å². The van der Waals surface area contributed by atoms with Gasteiger partial charge in [-0.25, -0.2) is 4.79 Å². The predicted molar refractivity (Wildman–Crippen MR) is 77.6 cm³/mol. The lowest BCUT2D eigenvalue weighted by Crippen LogP contribution is -2.43. The molecule has 2 N–H and O–H groups in total. The van der Waals surface area contributed by atoms with Crippen molar-refractivity contribution >= 4 is 11.9 Å². The second-order valence-electron chi connectivity index (χ2n) is 4.88. The molecule has 1 amide bonds. The standard InChI is InChI=1S/C15H22N2O3/c1-4-9-16-14(18)11(2)17(3)10-12-5-7-13(8-6-12)15(19)20/h5-8,11H,4,9-10H2,1-3H3,(H,16,18)(H,19,20). The van der Waals surface area contributed by atoms with Crippen LogP contribution < -0.4 is 5.32 Å². The summed E-state index contributed by atoms with van der Waals surface area (Å²) in [5.41, 5.74) is 1.25. The van der Waals surface area contributed by atoms with Gasteiger partial charge in [-0.1, -0.05) is 19.1 Å². The summed E-state index contributed by atoms with van der Waals surface area (Å²) in [5.74, 6) is -0.922. The fourth-order valence-corrected chi connectivity index (χ4v) is 1.77. The zero-order valence-electron chi connectivity index (χ0n) is 12.2. The van der Waals surface area contributed by atoms with Gasteiger partial charge in [-0.05, 0) is 38.1 Å². The Balaban J connectivity index is 2.58. The average Bonchev–Trinajstić information content (AvgIpc) is 2.44. The van der Waals surface area contributed by atoms with E-state index in [2.05, 4.69) is 5.32 Å². The number of carbonyl (C=O) groups excluding carboxylic acids is 1. The van der Waals surface area contributed by atoms with Gasteiger partial charge in [0.2, 0.25) is 5.91 Å². The molecular formula is C15H22N2O3. The largest absolute Gasteiger partial charge is 0.478 e. The molecule has 0 bridgehead atoms. The second kappa shape index (κ2) is 7.65. The molecule has 5 nitrogen and oxygen atoms in total. The topological polar surface area (TPSA) is 69.6 Å². The van der Waals surface area contributed by atoms with Gasteiger partial charge in [-0.3, -0.25) is 9.69 Å². The molecule has 0 radical (unpaired) electrons. The fraction of sp³-hybridized carbons (Fsp3) is 0.467. The van der Waals surface area contributed by atoms with Crippen LogP contribution in [0.1, 0.15) is 36.2 Å². The third-order valence-electron chi connectivity index (χ3n) is 3.22. The Morgan fingerprint density at radius 1 is 1.30 bits per heavy atom. The molecule has 0 aliphatic rings. The molecule has 0 aromatic heterocycles. The first kappa shape index (κ1) is 16.2. The van der Waals surface area contributed by atoms with E-state index in [1.54, 1.807) is 24.3 Å². The molecule has 0 saturated carbocycles. The molecule has 1 rings (SSSR count). The summed E-state index contributed by atoms with van der Waals surface area (Å²) in [6.45, 7) is 5.15. The molecule has 1 aromatic rings. The molecule has 0 spiro atoms. The highest BCUT2D eigenvalue weighted by molar-refractivity contribution is 5.87. The molecule has 0 heterocycles. The smallest absolute Gasteiger partial charge is 0.335 e. The Labute approximate surface area is 119 Å². The summed E-state index contributed by atoms with van der Waals surface area (Å²) in [6.07, 6.45) is 0.916. The molecule has 20 heavy (non-hydrogen) atoms. The molecule has 1 atom stereocenters. The van der Waals surface area contributed by atoms with E-state index in [1.165, 1.54) is 0 Å². The monoisotopic (exact) mass is 278 g/mol. The van der Waals surface area contributed by atoms with Crippen molar-refractivity contribution in [3.8, 4) is 0 Å². The van der Waals surface area contributed by atoms with Gasteiger partial charge < -0.3 is 10.4 Å². The number of aromatic carboxylic acids is 1. The predicted octanol–water partition coefficient (Wildman–Crippen LogP) is 1.73. The average molecular weight is 278 g/mol. The van der Waals surface area contributed by atoms with Crippen molar-refractivity contribution < 1.29 is 14.7 Å². The van der Waals surface area contributed by atoms with E-state index in [-0.39, 0.29) is 17.5 Å². The van der Waals surface area contributed by atoms with Crippen molar-refractivity contribution in [3.05, 3.63) is 35.4 Å². The van der Waals surface area contributed by atoms with Gasteiger partial charge in [0.05, 0.1) is 11.6 Å². The van der Waals surface area contributed by atoms with Crippen LogP contribution in [0.4, 0.5) is 0 Å². The number of nitrogens with zero attached hydrogens (tertiary/aromatic N) is 1. The lowest BCUT2D eigenvalue weighted by Gasteiger charge is -2.23. The minimum atomic E-state index is -0.933. The summed E-state index contributed by atoms with van der Waals surface area (Å²) in [4.78, 5) is 24.5. The van der Waals surface area contributed by atoms with Gasteiger partial charge in [0.25, 0.3) is 0 Å². The van der Waals surface area contributed by atoms with E-state index < -0.39 is 5.97 Å². The molecule has 0 fully saturated rings. The highest BCUT2D eigenvalue weighted by atomic mass is 16.4. The van der Waals surface area contributed by atoms with Crippen LogP contribution in [0.2, 0.25) is 0 Å². The van der Waals surface area contributed by atoms with E-state index in [4.69, 9.17) is 5.11 Å². The van der Waals surface area contributed by atoms with Gasteiger partial charge in [0, 0.05) is 13.1 Å². The van der Waals surface area contributed by atoms with Gasteiger partial charge >= 0.3 is 5.97 Å². The number of hydrogen-bond acceptors (Lipinski definition) is 3. The van der Waals surface area contributed by atoms with Crippen molar-refractivity contribution in [2.45, 2.75) is 32.9 Å². The molecular weight excluding hydrogens is 256 g/mol. The molecule has 0 aliphatic heterocycles. The van der Waals surface area contributed by atoms with Crippen LogP contribution in [0.5, 0.6) is 0 Å². The van der Waals surface area contributed by atoms with Gasteiger partial charge in [0.1, 0.15) is 0 Å². The molecule has 0 saturated heterocycles. The van der Waals surface area contributed by atoms with E-state index in [0.717, 1.165) is 12.0 Å². The first-order valence-corrected chi connectivity index (χ1v) is 6.76. The quantitative estimate of drug-likeness (QED) is 0.797. The van der Waals surface area contributed by atoms with Crippen LogP contribution in [0.25, 0.3) is 0 Å². The number of hydrogen-bond donors (Lipinski definition) is 2. The Morgan fingerprint density at radius 3 is 2.40 bits per heavy atom. The Kier molecular flexibility index (Phi) is 6.18. The molecule has 0 aliphatic carbocycles. The maximum absolute atomic E-state index is 11.8. The molecule has 1 unspecified atom stereocenters. The SMILES string of the molecule is CCCNC(=O)C(C)N(C)Cc1ccc(C(=O)O)cc1. The van der Waals surface area contributed by atoms with Crippen molar-refractivity contribution in [1.29, 1.82) is 0 Å². The number of benzene rings is 1.